The smallest absolute Gasteiger partial charge is 0.277 e. The molecule has 0 aromatic carbocycles. The zero-order valence-electron chi connectivity index (χ0n) is 12.8. The summed E-state index contributed by atoms with van der Waals surface area (Å²) in [6, 6.07) is 3.48. The van der Waals surface area contributed by atoms with Gasteiger partial charge in [-0.1, -0.05) is 5.21 Å². The van der Waals surface area contributed by atoms with E-state index < -0.39 is 18.0 Å². The number of carbonyl (C=O) groups is 1. The van der Waals surface area contributed by atoms with Crippen LogP contribution in [0.4, 0.5) is 4.39 Å². The molecule has 0 bridgehead atoms. The Hall–Kier alpha value is -2.88. The molecular weight excluding hydrogens is 317 g/mol. The molecule has 1 fully saturated rings. The summed E-state index contributed by atoms with van der Waals surface area (Å²) in [4.78, 5) is 18.3. The molecule has 1 aliphatic rings. The first kappa shape index (κ1) is 14.7. The Balaban J connectivity index is 1.62. The number of aromatic nitrogens is 6. The summed E-state index contributed by atoms with van der Waals surface area (Å²) < 4.78 is 21.3. The lowest BCUT2D eigenvalue weighted by atomic mass is 10.2. The van der Waals surface area contributed by atoms with E-state index in [2.05, 4.69) is 25.6 Å². The fraction of sp³-hybridized carbons (Fsp3) is 0.357. The summed E-state index contributed by atoms with van der Waals surface area (Å²) in [7, 11) is 0. The quantitative estimate of drug-likeness (QED) is 0.734. The fourth-order valence-corrected chi connectivity index (χ4v) is 2.70. The molecule has 124 valence electrons. The summed E-state index contributed by atoms with van der Waals surface area (Å²) in [6.07, 6.45) is 1.06. The van der Waals surface area contributed by atoms with Gasteiger partial charge in [-0.3, -0.25) is 9.20 Å². The van der Waals surface area contributed by atoms with Gasteiger partial charge in [0.15, 0.2) is 5.69 Å². The van der Waals surface area contributed by atoms with Crippen LogP contribution in [0.3, 0.4) is 0 Å². The van der Waals surface area contributed by atoms with Crippen molar-refractivity contribution in [3.8, 4) is 0 Å². The summed E-state index contributed by atoms with van der Waals surface area (Å²) in [6.45, 7) is 2.74. The van der Waals surface area contributed by atoms with Crippen molar-refractivity contribution in [1.82, 2.24) is 34.9 Å². The van der Waals surface area contributed by atoms with Gasteiger partial charge in [-0.05, 0) is 24.6 Å². The molecule has 24 heavy (non-hydrogen) atoms. The standard InChI is InChI=1S/C14H14FN7O2/c1-8-2-3-22-10(6-8)16-11(12(22)15)14(23)21-4-5-24-9(7-21)13-17-19-20-18-13/h2-3,6,9H,4-5,7H2,1H3,(H,17,18,19,20). The molecule has 1 aliphatic heterocycles. The summed E-state index contributed by atoms with van der Waals surface area (Å²) >= 11 is 0. The van der Waals surface area contributed by atoms with Crippen molar-refractivity contribution in [3.63, 3.8) is 0 Å². The third-order valence-electron chi connectivity index (χ3n) is 3.93. The second kappa shape index (κ2) is 5.64. The van der Waals surface area contributed by atoms with Gasteiger partial charge in [-0.25, -0.2) is 4.98 Å². The second-order valence-corrected chi connectivity index (χ2v) is 5.56. The molecule has 4 rings (SSSR count). The molecule has 9 nitrogen and oxygen atoms in total. The maximum atomic E-state index is 14.5. The molecule has 3 aromatic rings. The van der Waals surface area contributed by atoms with Crippen LogP contribution in [-0.4, -0.2) is 60.5 Å². The van der Waals surface area contributed by atoms with E-state index in [1.165, 1.54) is 9.30 Å². The third kappa shape index (κ3) is 2.40. The molecule has 0 radical (unpaired) electrons. The van der Waals surface area contributed by atoms with E-state index in [1.54, 1.807) is 18.3 Å². The Morgan fingerprint density at radius 2 is 2.38 bits per heavy atom. The van der Waals surface area contributed by atoms with Crippen molar-refractivity contribution in [2.75, 3.05) is 19.7 Å². The highest BCUT2D eigenvalue weighted by molar-refractivity contribution is 5.93. The number of ether oxygens (including phenoxy) is 1. The highest BCUT2D eigenvalue weighted by atomic mass is 19.1. The molecule has 0 spiro atoms. The minimum atomic E-state index is -0.669. The molecule has 1 atom stereocenters. The van der Waals surface area contributed by atoms with E-state index in [4.69, 9.17) is 4.74 Å². The molecular formula is C14H14FN7O2. The number of halogens is 1. The van der Waals surface area contributed by atoms with E-state index in [0.717, 1.165) is 5.56 Å². The molecule has 4 heterocycles. The lowest BCUT2D eigenvalue weighted by Gasteiger charge is -2.30. The number of amides is 1. The Morgan fingerprint density at radius 1 is 1.50 bits per heavy atom. The topological polar surface area (TPSA) is 101 Å². The highest BCUT2D eigenvalue weighted by Crippen LogP contribution is 2.21. The summed E-state index contributed by atoms with van der Waals surface area (Å²) in [5.41, 5.74) is 1.14. The highest BCUT2D eigenvalue weighted by Gasteiger charge is 2.31. The van der Waals surface area contributed by atoms with Crippen LogP contribution in [0.2, 0.25) is 0 Å². The second-order valence-electron chi connectivity index (χ2n) is 5.56. The van der Waals surface area contributed by atoms with Crippen molar-refractivity contribution >= 4 is 11.6 Å². The first-order chi connectivity index (χ1) is 11.6. The molecule has 3 aromatic heterocycles. The average molecular weight is 331 g/mol. The number of rotatable bonds is 2. The van der Waals surface area contributed by atoms with Crippen molar-refractivity contribution in [2.45, 2.75) is 13.0 Å². The van der Waals surface area contributed by atoms with Crippen LogP contribution in [0.15, 0.2) is 18.3 Å². The molecule has 10 heteroatoms. The number of nitrogens with zero attached hydrogens (tertiary/aromatic N) is 6. The van der Waals surface area contributed by atoms with Crippen molar-refractivity contribution < 1.29 is 13.9 Å². The van der Waals surface area contributed by atoms with Crippen molar-refractivity contribution in [2.24, 2.45) is 0 Å². The molecule has 0 saturated carbocycles. The van der Waals surface area contributed by atoms with E-state index >= 15 is 0 Å². The van der Waals surface area contributed by atoms with Crippen LogP contribution in [0.5, 0.6) is 0 Å². The normalized spacial score (nSPS) is 18.2. The predicted octanol–water partition coefficient (Wildman–Crippen LogP) is 0.509. The lowest BCUT2D eigenvalue weighted by molar-refractivity contribution is -0.0271. The predicted molar refractivity (Wildman–Crippen MR) is 78.7 cm³/mol. The maximum absolute atomic E-state index is 14.5. The average Bonchev–Trinajstić information content (AvgIpc) is 3.23. The van der Waals surface area contributed by atoms with Gasteiger partial charge in [0, 0.05) is 12.7 Å². The third-order valence-corrected chi connectivity index (χ3v) is 3.93. The van der Waals surface area contributed by atoms with Gasteiger partial charge in [-0.15, -0.1) is 10.2 Å². The van der Waals surface area contributed by atoms with Gasteiger partial charge >= 0.3 is 0 Å². The largest absolute Gasteiger partial charge is 0.366 e. The minimum Gasteiger partial charge on any atom is -0.366 e. The molecule has 0 aliphatic carbocycles. The van der Waals surface area contributed by atoms with E-state index in [9.17, 15) is 9.18 Å². The Kier molecular flexibility index (Phi) is 3.45. The van der Waals surface area contributed by atoms with E-state index in [0.29, 0.717) is 24.6 Å². The number of aromatic amines is 1. The number of H-pyrrole nitrogens is 1. The van der Waals surface area contributed by atoms with Crippen LogP contribution in [-0.2, 0) is 4.74 Å². The molecule has 1 saturated heterocycles. The van der Waals surface area contributed by atoms with Crippen molar-refractivity contribution in [1.29, 1.82) is 0 Å². The zero-order chi connectivity index (χ0) is 16.7. The molecule has 1 amide bonds. The Labute approximate surface area is 135 Å². The number of aryl methyl sites for hydroxylation is 1. The first-order valence-electron chi connectivity index (χ1n) is 7.42. The van der Waals surface area contributed by atoms with Crippen LogP contribution in [0.1, 0.15) is 28.0 Å². The zero-order valence-corrected chi connectivity index (χ0v) is 12.8. The van der Waals surface area contributed by atoms with Crippen LogP contribution < -0.4 is 0 Å². The number of morpholine rings is 1. The number of hydrogen-bond acceptors (Lipinski definition) is 6. The minimum absolute atomic E-state index is 0.200. The Bertz CT molecular complexity index is 892. The van der Waals surface area contributed by atoms with Gasteiger partial charge in [0.25, 0.3) is 5.91 Å². The van der Waals surface area contributed by atoms with Gasteiger partial charge < -0.3 is 9.64 Å². The SMILES string of the molecule is Cc1ccn2c(F)c(C(=O)N3CCOC(c4nn[nH]n4)C3)nc2c1. The lowest BCUT2D eigenvalue weighted by Crippen LogP contribution is -2.43. The Morgan fingerprint density at radius 3 is 3.17 bits per heavy atom. The van der Waals surface area contributed by atoms with E-state index in [1.807, 2.05) is 6.92 Å². The van der Waals surface area contributed by atoms with Crippen LogP contribution in [0, 0.1) is 12.9 Å². The molecule has 1 unspecified atom stereocenters. The number of imidazole rings is 1. The van der Waals surface area contributed by atoms with E-state index in [-0.39, 0.29) is 12.2 Å². The molecule has 1 N–H and O–H groups in total. The first-order valence-corrected chi connectivity index (χ1v) is 7.42. The number of hydrogen-bond donors (Lipinski definition) is 1. The number of nitrogens with one attached hydrogen (secondary N) is 1. The van der Waals surface area contributed by atoms with Crippen LogP contribution >= 0.6 is 0 Å². The van der Waals surface area contributed by atoms with Gasteiger partial charge in [0.1, 0.15) is 11.8 Å². The van der Waals surface area contributed by atoms with Crippen LogP contribution in [0.25, 0.3) is 5.65 Å². The van der Waals surface area contributed by atoms with Crippen molar-refractivity contribution in [3.05, 3.63) is 41.4 Å². The number of tetrazole rings is 1. The monoisotopic (exact) mass is 331 g/mol. The van der Waals surface area contributed by atoms with Gasteiger partial charge in [0.2, 0.25) is 11.8 Å². The van der Waals surface area contributed by atoms with Gasteiger partial charge in [-0.2, -0.15) is 9.60 Å². The fourth-order valence-electron chi connectivity index (χ4n) is 2.70. The van der Waals surface area contributed by atoms with Gasteiger partial charge in [0.05, 0.1) is 13.2 Å². The summed E-state index contributed by atoms with van der Waals surface area (Å²) in [5.74, 6) is -0.790. The number of carbonyl (C=O) groups excluding carboxylic acids is 1. The maximum Gasteiger partial charge on any atom is 0.277 e. The number of fused-ring (bicyclic) bond motifs is 1. The summed E-state index contributed by atoms with van der Waals surface area (Å²) in [5, 5.41) is 13.6. The number of pyridine rings is 1.